The fourth-order valence-corrected chi connectivity index (χ4v) is 2.93. The van der Waals surface area contributed by atoms with Crippen molar-refractivity contribution < 1.29 is 36.6 Å². The third kappa shape index (κ3) is 5.20. The fourth-order valence-electron chi connectivity index (χ4n) is 2.93. The maximum atomic E-state index is 15.0. The van der Waals surface area contributed by atoms with Gasteiger partial charge in [-0.15, -0.1) is 0 Å². The molecule has 0 fully saturated rings. The molecule has 11 heteroatoms. The SMILES string of the molecule is C=C(N)c1cc(NC(=O)c2c(Oc3ccc(OC)cc3OC)ccc(C(F)(F)F)c2F)ccn1. The van der Waals surface area contributed by atoms with Crippen LogP contribution in [-0.4, -0.2) is 25.1 Å². The second-order valence-electron chi connectivity index (χ2n) is 6.83. The standard InChI is InChI=1S/C23H19F4N3O4/c1-12(28)16-10-13(8-9-29-16)30-22(31)20-18(7-5-15(21(20)24)23(25,26)27)34-17-6-4-14(32-2)11-19(17)33-3/h4-11H,1,28H2,2-3H3,(H,29,30,31). The summed E-state index contributed by atoms with van der Waals surface area (Å²) >= 11 is 0. The van der Waals surface area contributed by atoms with Crippen molar-refractivity contribution in [1.29, 1.82) is 0 Å². The number of methoxy groups -OCH3 is 2. The maximum absolute atomic E-state index is 15.0. The molecular weight excluding hydrogens is 458 g/mol. The Kier molecular flexibility index (Phi) is 6.94. The van der Waals surface area contributed by atoms with Crippen LogP contribution in [0.3, 0.4) is 0 Å². The van der Waals surface area contributed by atoms with Crippen LogP contribution in [0.4, 0.5) is 23.2 Å². The molecule has 7 nitrogen and oxygen atoms in total. The van der Waals surface area contributed by atoms with Crippen molar-refractivity contribution in [3.8, 4) is 23.0 Å². The first-order valence-corrected chi connectivity index (χ1v) is 9.57. The Morgan fingerprint density at radius 2 is 1.74 bits per heavy atom. The summed E-state index contributed by atoms with van der Waals surface area (Å²) < 4.78 is 70.9. The zero-order valence-corrected chi connectivity index (χ0v) is 18.0. The van der Waals surface area contributed by atoms with Crippen LogP contribution in [0.2, 0.25) is 0 Å². The Morgan fingerprint density at radius 1 is 1.03 bits per heavy atom. The molecule has 34 heavy (non-hydrogen) atoms. The molecule has 0 saturated carbocycles. The molecule has 1 amide bonds. The molecular formula is C23H19F4N3O4. The molecule has 0 saturated heterocycles. The van der Waals surface area contributed by atoms with Crippen LogP contribution in [0, 0.1) is 5.82 Å². The fraction of sp³-hybridized carbons (Fsp3) is 0.130. The smallest absolute Gasteiger partial charge is 0.419 e. The second kappa shape index (κ2) is 9.69. The Hall–Kier alpha value is -4.28. The van der Waals surface area contributed by atoms with Gasteiger partial charge >= 0.3 is 6.18 Å². The minimum absolute atomic E-state index is 0.0159. The highest BCUT2D eigenvalue weighted by Gasteiger charge is 2.37. The van der Waals surface area contributed by atoms with Crippen molar-refractivity contribution in [3.63, 3.8) is 0 Å². The monoisotopic (exact) mass is 477 g/mol. The molecule has 1 aromatic heterocycles. The van der Waals surface area contributed by atoms with Crippen molar-refractivity contribution in [2.45, 2.75) is 6.18 Å². The zero-order chi connectivity index (χ0) is 25.0. The molecule has 0 aliphatic rings. The molecule has 0 aliphatic carbocycles. The Morgan fingerprint density at radius 3 is 2.35 bits per heavy atom. The minimum atomic E-state index is -5.05. The number of halogens is 4. The average molecular weight is 477 g/mol. The number of nitrogens with one attached hydrogen (secondary N) is 1. The lowest BCUT2D eigenvalue weighted by Crippen LogP contribution is -2.19. The first-order chi connectivity index (χ1) is 16.0. The van der Waals surface area contributed by atoms with Crippen LogP contribution in [0.1, 0.15) is 21.6 Å². The number of anilines is 1. The van der Waals surface area contributed by atoms with Gasteiger partial charge in [0.15, 0.2) is 17.3 Å². The van der Waals surface area contributed by atoms with Gasteiger partial charge in [-0.2, -0.15) is 13.2 Å². The summed E-state index contributed by atoms with van der Waals surface area (Å²) in [5, 5.41) is 2.33. The van der Waals surface area contributed by atoms with E-state index >= 15 is 4.39 Å². The van der Waals surface area contributed by atoms with Gasteiger partial charge in [-0.05, 0) is 36.4 Å². The number of aromatic nitrogens is 1. The summed E-state index contributed by atoms with van der Waals surface area (Å²) in [6.07, 6.45) is -3.75. The van der Waals surface area contributed by atoms with Gasteiger partial charge < -0.3 is 25.3 Å². The third-order valence-electron chi connectivity index (χ3n) is 4.57. The Labute approximate surface area is 191 Å². The van der Waals surface area contributed by atoms with E-state index in [9.17, 15) is 18.0 Å². The zero-order valence-electron chi connectivity index (χ0n) is 18.0. The molecule has 3 aromatic rings. The molecule has 0 aliphatic heterocycles. The molecule has 3 rings (SSSR count). The highest BCUT2D eigenvalue weighted by atomic mass is 19.4. The van der Waals surface area contributed by atoms with Gasteiger partial charge in [-0.3, -0.25) is 9.78 Å². The summed E-state index contributed by atoms with van der Waals surface area (Å²) in [6.45, 7) is 3.52. The summed E-state index contributed by atoms with van der Waals surface area (Å²) in [5.41, 5.74) is 3.41. The predicted molar refractivity (Wildman–Crippen MR) is 116 cm³/mol. The quantitative estimate of drug-likeness (QED) is 0.453. The Balaban J connectivity index is 2.08. The number of hydrogen-bond acceptors (Lipinski definition) is 6. The lowest BCUT2D eigenvalue weighted by molar-refractivity contribution is -0.140. The van der Waals surface area contributed by atoms with Crippen molar-refractivity contribution in [1.82, 2.24) is 4.98 Å². The van der Waals surface area contributed by atoms with Crippen LogP contribution in [0.25, 0.3) is 5.70 Å². The van der Waals surface area contributed by atoms with E-state index in [1.807, 2.05) is 0 Å². The first-order valence-electron chi connectivity index (χ1n) is 9.57. The summed E-state index contributed by atoms with van der Waals surface area (Å²) in [4.78, 5) is 16.9. The lowest BCUT2D eigenvalue weighted by Gasteiger charge is -2.17. The maximum Gasteiger partial charge on any atom is 0.419 e. The van der Waals surface area contributed by atoms with Crippen molar-refractivity contribution >= 4 is 17.3 Å². The number of nitrogens with zero attached hydrogens (tertiary/aromatic N) is 1. The number of carbonyl (C=O) groups is 1. The third-order valence-corrected chi connectivity index (χ3v) is 4.57. The Bertz CT molecular complexity index is 1250. The van der Waals surface area contributed by atoms with Crippen LogP contribution in [0.15, 0.2) is 55.2 Å². The summed E-state index contributed by atoms with van der Waals surface area (Å²) in [6, 6.07) is 8.37. The molecule has 0 unspecified atom stereocenters. The van der Waals surface area contributed by atoms with E-state index in [0.717, 1.165) is 6.07 Å². The number of benzene rings is 2. The van der Waals surface area contributed by atoms with Crippen molar-refractivity contribution in [2.75, 3.05) is 19.5 Å². The molecule has 0 radical (unpaired) electrons. The number of pyridine rings is 1. The minimum Gasteiger partial charge on any atom is -0.497 e. The number of rotatable bonds is 7. The number of hydrogen-bond donors (Lipinski definition) is 2. The largest absolute Gasteiger partial charge is 0.497 e. The van der Waals surface area contributed by atoms with E-state index in [0.29, 0.717) is 11.8 Å². The lowest BCUT2D eigenvalue weighted by atomic mass is 10.1. The van der Waals surface area contributed by atoms with Gasteiger partial charge in [0.05, 0.1) is 31.2 Å². The van der Waals surface area contributed by atoms with Gasteiger partial charge in [0.25, 0.3) is 5.91 Å². The molecule has 178 valence electrons. The molecule has 0 spiro atoms. The highest BCUT2D eigenvalue weighted by Crippen LogP contribution is 2.40. The number of nitrogens with two attached hydrogens (primary N) is 1. The molecule has 3 N–H and O–H groups in total. The van der Waals surface area contributed by atoms with Crippen LogP contribution >= 0.6 is 0 Å². The van der Waals surface area contributed by atoms with E-state index in [-0.39, 0.29) is 28.6 Å². The second-order valence-corrected chi connectivity index (χ2v) is 6.83. The van der Waals surface area contributed by atoms with E-state index in [2.05, 4.69) is 16.9 Å². The number of ether oxygens (including phenoxy) is 3. The molecule has 0 atom stereocenters. The van der Waals surface area contributed by atoms with E-state index < -0.39 is 34.8 Å². The number of carbonyl (C=O) groups excluding carboxylic acids is 1. The average Bonchev–Trinajstić information content (AvgIpc) is 2.78. The van der Waals surface area contributed by atoms with Gasteiger partial charge in [0.1, 0.15) is 17.1 Å². The van der Waals surface area contributed by atoms with Gasteiger partial charge in [-0.1, -0.05) is 6.58 Å². The van der Waals surface area contributed by atoms with Crippen LogP contribution in [0.5, 0.6) is 23.0 Å². The number of amides is 1. The van der Waals surface area contributed by atoms with Gasteiger partial charge in [0.2, 0.25) is 0 Å². The van der Waals surface area contributed by atoms with Crippen molar-refractivity contribution in [3.05, 3.63) is 77.9 Å². The molecule has 1 heterocycles. The predicted octanol–water partition coefficient (Wildman–Crippen LogP) is 5.23. The van der Waals surface area contributed by atoms with Crippen LogP contribution in [-0.2, 0) is 6.18 Å². The molecule has 0 bridgehead atoms. The summed E-state index contributed by atoms with van der Waals surface area (Å²) in [5.74, 6) is -2.88. The normalized spacial score (nSPS) is 11.0. The summed E-state index contributed by atoms with van der Waals surface area (Å²) in [7, 11) is 2.75. The highest BCUT2D eigenvalue weighted by molar-refractivity contribution is 6.06. The van der Waals surface area contributed by atoms with Gasteiger partial charge in [-0.25, -0.2) is 4.39 Å². The van der Waals surface area contributed by atoms with E-state index in [1.165, 1.54) is 50.7 Å². The van der Waals surface area contributed by atoms with Gasteiger partial charge in [0, 0.05) is 18.0 Å². The van der Waals surface area contributed by atoms with E-state index in [4.69, 9.17) is 19.9 Å². The first kappa shape index (κ1) is 24.4. The molecule has 2 aromatic carbocycles. The topological polar surface area (TPSA) is 95.7 Å². The van der Waals surface area contributed by atoms with E-state index in [1.54, 1.807) is 0 Å². The van der Waals surface area contributed by atoms with Crippen molar-refractivity contribution in [2.24, 2.45) is 5.73 Å². The number of alkyl halides is 3. The van der Waals surface area contributed by atoms with Crippen LogP contribution < -0.4 is 25.3 Å².